The molecule has 4 N–H and O–H groups in total. The van der Waals surface area contributed by atoms with Crippen molar-refractivity contribution in [2.45, 2.75) is 50.5 Å². The number of primary sulfonamides is 1. The van der Waals surface area contributed by atoms with E-state index in [1.165, 1.54) is 24.3 Å². The summed E-state index contributed by atoms with van der Waals surface area (Å²) in [5.41, 5.74) is 3.67. The largest absolute Gasteiger partial charge is 0.348 e. The summed E-state index contributed by atoms with van der Waals surface area (Å²) in [6.45, 7) is 8.45. The Bertz CT molecular complexity index is 1150. The zero-order valence-electron chi connectivity index (χ0n) is 17.6. The molecule has 164 valence electrons. The van der Waals surface area contributed by atoms with Gasteiger partial charge in [-0.3, -0.25) is 4.79 Å². The molecule has 0 spiro atoms. The van der Waals surface area contributed by atoms with Crippen LogP contribution in [0.5, 0.6) is 0 Å². The summed E-state index contributed by atoms with van der Waals surface area (Å²) >= 11 is 0. The highest BCUT2D eigenvalue weighted by atomic mass is 32.2. The molecule has 0 bridgehead atoms. The normalized spacial score (nSPS) is 13.1. The Morgan fingerprint density at radius 3 is 1.93 bits per heavy atom. The Hall–Kier alpha value is -2.27. The molecule has 2 aromatic carbocycles. The second-order valence-corrected chi connectivity index (χ2v) is 10.6. The highest BCUT2D eigenvalue weighted by Crippen LogP contribution is 2.25. The van der Waals surface area contributed by atoms with Crippen LogP contribution in [-0.4, -0.2) is 29.3 Å². The van der Waals surface area contributed by atoms with Gasteiger partial charge in [-0.25, -0.2) is 26.7 Å². The molecule has 0 fully saturated rings. The van der Waals surface area contributed by atoms with Crippen molar-refractivity contribution in [2.24, 2.45) is 5.14 Å². The van der Waals surface area contributed by atoms with Gasteiger partial charge in [0.1, 0.15) is 0 Å². The quantitative estimate of drug-likeness (QED) is 0.587. The number of carbonyl (C=O) groups excluding carboxylic acids is 1. The molecular formula is C20H27N3O5S2. The van der Waals surface area contributed by atoms with Crippen LogP contribution < -0.4 is 15.2 Å². The Balaban J connectivity index is 2.09. The highest BCUT2D eigenvalue weighted by Gasteiger charge is 2.23. The molecule has 0 saturated heterocycles. The summed E-state index contributed by atoms with van der Waals surface area (Å²) in [6.07, 6.45) is 0. The average molecular weight is 454 g/mol. The highest BCUT2D eigenvalue weighted by molar-refractivity contribution is 7.89. The standard InChI is InChI=1S/C20H27N3O5S2/c1-12-10-13(2)15(4)20(14(12)3)30(27,28)22-11-19(24)23-16(5)17-6-8-18(9-7-17)29(21,25)26/h6-10,16,22H,11H2,1-5H3,(H,23,24)(H2,21,25,26). The number of carbonyl (C=O) groups is 1. The van der Waals surface area contributed by atoms with Gasteiger partial charge in [-0.05, 0) is 74.6 Å². The van der Waals surface area contributed by atoms with Crippen LogP contribution in [-0.2, 0) is 24.8 Å². The SMILES string of the molecule is Cc1cc(C)c(C)c(S(=O)(=O)NCC(=O)NC(C)c2ccc(S(N)(=O)=O)cc2)c1C. The van der Waals surface area contributed by atoms with Gasteiger partial charge in [-0.15, -0.1) is 0 Å². The molecule has 0 aromatic heterocycles. The first-order valence-electron chi connectivity index (χ1n) is 9.23. The van der Waals surface area contributed by atoms with Gasteiger partial charge in [0.25, 0.3) is 0 Å². The number of benzene rings is 2. The molecule has 0 radical (unpaired) electrons. The van der Waals surface area contributed by atoms with Crippen LogP contribution in [0, 0.1) is 27.7 Å². The maximum absolute atomic E-state index is 12.8. The number of sulfonamides is 2. The Morgan fingerprint density at radius 1 is 0.967 bits per heavy atom. The number of hydrogen-bond donors (Lipinski definition) is 3. The van der Waals surface area contributed by atoms with E-state index in [4.69, 9.17) is 5.14 Å². The van der Waals surface area contributed by atoms with E-state index in [0.29, 0.717) is 16.7 Å². The smallest absolute Gasteiger partial charge is 0.241 e. The molecule has 30 heavy (non-hydrogen) atoms. The summed E-state index contributed by atoms with van der Waals surface area (Å²) in [5, 5.41) is 7.75. The second kappa shape index (κ2) is 8.84. The van der Waals surface area contributed by atoms with Gasteiger partial charge in [0.05, 0.1) is 22.4 Å². The molecule has 2 aromatic rings. The van der Waals surface area contributed by atoms with Crippen molar-refractivity contribution in [1.29, 1.82) is 0 Å². The molecule has 10 heteroatoms. The molecule has 2 rings (SSSR count). The van der Waals surface area contributed by atoms with E-state index in [9.17, 15) is 21.6 Å². The van der Waals surface area contributed by atoms with Gasteiger partial charge in [0, 0.05) is 0 Å². The van der Waals surface area contributed by atoms with Crippen LogP contribution >= 0.6 is 0 Å². The fraction of sp³-hybridized carbons (Fsp3) is 0.350. The van der Waals surface area contributed by atoms with Gasteiger partial charge in [0.15, 0.2) is 0 Å². The minimum atomic E-state index is -3.88. The molecule has 1 atom stereocenters. The topological polar surface area (TPSA) is 135 Å². The van der Waals surface area contributed by atoms with E-state index >= 15 is 0 Å². The van der Waals surface area contributed by atoms with Crippen molar-refractivity contribution in [3.8, 4) is 0 Å². The fourth-order valence-corrected chi connectivity index (χ4v) is 5.25. The number of rotatable bonds is 7. The summed E-state index contributed by atoms with van der Waals surface area (Å²) in [6, 6.07) is 7.25. The third-order valence-corrected chi connectivity index (χ3v) is 7.68. The first-order valence-corrected chi connectivity index (χ1v) is 12.3. The third-order valence-electron chi connectivity index (χ3n) is 5.07. The number of aryl methyl sites for hydroxylation is 2. The molecule has 8 nitrogen and oxygen atoms in total. The van der Waals surface area contributed by atoms with Crippen LogP contribution in [0.15, 0.2) is 40.1 Å². The van der Waals surface area contributed by atoms with Crippen LogP contribution in [0.2, 0.25) is 0 Å². The predicted octanol–water partition coefficient (Wildman–Crippen LogP) is 1.72. The Kier molecular flexibility index (Phi) is 7.08. The van der Waals surface area contributed by atoms with Crippen LogP contribution in [0.4, 0.5) is 0 Å². The van der Waals surface area contributed by atoms with E-state index in [1.54, 1.807) is 20.8 Å². The van der Waals surface area contributed by atoms with Crippen molar-refractivity contribution < 1.29 is 21.6 Å². The van der Waals surface area contributed by atoms with E-state index in [-0.39, 0.29) is 9.79 Å². The molecule has 0 aliphatic rings. The Morgan fingerprint density at radius 2 is 1.47 bits per heavy atom. The Labute approximate surface area is 178 Å². The van der Waals surface area contributed by atoms with Gasteiger partial charge < -0.3 is 5.32 Å². The van der Waals surface area contributed by atoms with Crippen LogP contribution in [0.1, 0.15) is 40.8 Å². The zero-order chi connectivity index (χ0) is 22.9. The number of nitrogens with two attached hydrogens (primary N) is 1. The number of amides is 1. The number of hydrogen-bond acceptors (Lipinski definition) is 5. The van der Waals surface area contributed by atoms with Crippen LogP contribution in [0.3, 0.4) is 0 Å². The molecular weight excluding hydrogens is 426 g/mol. The first-order chi connectivity index (χ1) is 13.7. The lowest BCUT2D eigenvalue weighted by Gasteiger charge is -2.17. The van der Waals surface area contributed by atoms with Gasteiger partial charge in [0.2, 0.25) is 26.0 Å². The van der Waals surface area contributed by atoms with Crippen molar-refractivity contribution >= 4 is 26.0 Å². The molecule has 0 heterocycles. The van der Waals surface area contributed by atoms with Crippen molar-refractivity contribution in [1.82, 2.24) is 10.0 Å². The first kappa shape index (κ1) is 24.0. The maximum atomic E-state index is 12.8. The minimum absolute atomic E-state index is 0.0308. The van der Waals surface area contributed by atoms with Gasteiger partial charge >= 0.3 is 0 Å². The maximum Gasteiger partial charge on any atom is 0.241 e. The van der Waals surface area contributed by atoms with E-state index in [2.05, 4.69) is 10.0 Å². The van der Waals surface area contributed by atoms with E-state index < -0.39 is 38.5 Å². The molecule has 0 saturated carbocycles. The molecule has 1 amide bonds. The van der Waals surface area contributed by atoms with E-state index in [0.717, 1.165) is 11.1 Å². The fourth-order valence-electron chi connectivity index (χ4n) is 3.14. The minimum Gasteiger partial charge on any atom is -0.348 e. The van der Waals surface area contributed by atoms with Crippen molar-refractivity contribution in [3.05, 3.63) is 58.1 Å². The zero-order valence-corrected chi connectivity index (χ0v) is 19.2. The van der Waals surface area contributed by atoms with Crippen molar-refractivity contribution in [3.63, 3.8) is 0 Å². The summed E-state index contributed by atoms with van der Waals surface area (Å²) in [4.78, 5) is 12.4. The van der Waals surface area contributed by atoms with Gasteiger partial charge in [-0.2, -0.15) is 0 Å². The lowest BCUT2D eigenvalue weighted by molar-refractivity contribution is -0.120. The van der Waals surface area contributed by atoms with E-state index in [1.807, 2.05) is 19.9 Å². The second-order valence-electron chi connectivity index (χ2n) is 7.32. The summed E-state index contributed by atoms with van der Waals surface area (Å²) in [5.74, 6) is -0.513. The molecule has 0 aliphatic carbocycles. The number of nitrogens with one attached hydrogen (secondary N) is 2. The molecule has 0 aliphatic heterocycles. The monoisotopic (exact) mass is 453 g/mol. The predicted molar refractivity (Wildman–Crippen MR) is 115 cm³/mol. The summed E-state index contributed by atoms with van der Waals surface area (Å²) < 4.78 is 50.6. The summed E-state index contributed by atoms with van der Waals surface area (Å²) in [7, 11) is -7.67. The average Bonchev–Trinajstić information content (AvgIpc) is 2.64. The van der Waals surface area contributed by atoms with Gasteiger partial charge in [-0.1, -0.05) is 18.2 Å². The lowest BCUT2D eigenvalue weighted by atomic mass is 10.0. The third kappa shape index (κ3) is 5.45. The van der Waals surface area contributed by atoms with Crippen molar-refractivity contribution in [2.75, 3.05) is 6.54 Å². The lowest BCUT2D eigenvalue weighted by Crippen LogP contribution is -2.38. The molecule has 1 unspecified atom stereocenters. The van der Waals surface area contributed by atoms with Crippen LogP contribution in [0.25, 0.3) is 0 Å².